The van der Waals surface area contributed by atoms with Crippen LogP contribution in [0.2, 0.25) is 0 Å². The highest BCUT2D eigenvalue weighted by molar-refractivity contribution is 5.19. The van der Waals surface area contributed by atoms with E-state index in [1.165, 1.54) is 32.1 Å². The Morgan fingerprint density at radius 3 is 2.55 bits per heavy atom. The predicted octanol–water partition coefficient (Wildman–Crippen LogP) is 3.34. The van der Waals surface area contributed by atoms with Crippen LogP contribution in [0.4, 0.5) is 6.01 Å². The van der Waals surface area contributed by atoms with Crippen LogP contribution in [0.15, 0.2) is 4.42 Å². The lowest BCUT2D eigenvalue weighted by Crippen LogP contribution is -2.35. The Bertz CT molecular complexity index is 404. The summed E-state index contributed by atoms with van der Waals surface area (Å²) in [7, 11) is 0. The van der Waals surface area contributed by atoms with Crippen molar-refractivity contribution in [3.8, 4) is 0 Å². The second-order valence-corrected chi connectivity index (χ2v) is 6.94. The molecule has 1 aromatic rings. The summed E-state index contributed by atoms with van der Waals surface area (Å²) in [4.78, 5) is 0. The maximum atomic E-state index is 5.64. The van der Waals surface area contributed by atoms with Crippen LogP contribution in [0.5, 0.6) is 0 Å². The molecule has 1 aromatic heterocycles. The highest BCUT2D eigenvalue weighted by atomic mass is 16.4. The quantitative estimate of drug-likeness (QED) is 0.866. The molecular formula is C15H28N4O. The van der Waals surface area contributed by atoms with Crippen molar-refractivity contribution in [2.75, 3.05) is 5.32 Å². The molecule has 0 saturated heterocycles. The number of hydrogen-bond acceptors (Lipinski definition) is 5. The van der Waals surface area contributed by atoms with Crippen LogP contribution in [0.3, 0.4) is 0 Å². The molecular weight excluding hydrogens is 252 g/mol. The second-order valence-electron chi connectivity index (χ2n) is 6.94. The lowest BCUT2D eigenvalue weighted by Gasteiger charge is -2.27. The number of nitrogens with one attached hydrogen (secondary N) is 2. The molecule has 1 unspecified atom stereocenters. The van der Waals surface area contributed by atoms with Gasteiger partial charge < -0.3 is 15.1 Å². The number of anilines is 1. The van der Waals surface area contributed by atoms with Gasteiger partial charge in [0.2, 0.25) is 5.89 Å². The average Bonchev–Trinajstić information content (AvgIpc) is 2.84. The summed E-state index contributed by atoms with van der Waals surface area (Å²) >= 11 is 0. The van der Waals surface area contributed by atoms with Gasteiger partial charge in [0.05, 0.1) is 6.54 Å². The molecule has 1 atom stereocenters. The monoisotopic (exact) mass is 280 g/mol. The third-order valence-electron chi connectivity index (χ3n) is 3.94. The van der Waals surface area contributed by atoms with Crippen LogP contribution in [0.25, 0.3) is 0 Å². The van der Waals surface area contributed by atoms with Crippen LogP contribution in [0.1, 0.15) is 65.7 Å². The average molecular weight is 280 g/mol. The molecule has 0 aromatic carbocycles. The molecule has 0 aliphatic heterocycles. The predicted molar refractivity (Wildman–Crippen MR) is 80.6 cm³/mol. The molecule has 114 valence electrons. The van der Waals surface area contributed by atoms with E-state index in [9.17, 15) is 0 Å². The highest BCUT2D eigenvalue weighted by Crippen LogP contribution is 2.27. The normalized spacial score (nSPS) is 19.0. The first-order chi connectivity index (χ1) is 9.44. The Kier molecular flexibility index (Phi) is 5.02. The molecule has 1 heterocycles. The number of hydrogen-bond donors (Lipinski definition) is 2. The molecule has 0 radical (unpaired) electrons. The van der Waals surface area contributed by atoms with Crippen molar-refractivity contribution in [3.63, 3.8) is 0 Å². The van der Waals surface area contributed by atoms with Crippen molar-refractivity contribution in [1.29, 1.82) is 0 Å². The maximum Gasteiger partial charge on any atom is 0.315 e. The molecule has 1 saturated carbocycles. The van der Waals surface area contributed by atoms with Gasteiger partial charge in [-0.05, 0) is 46.5 Å². The van der Waals surface area contributed by atoms with Gasteiger partial charge in [0.25, 0.3) is 0 Å². The Morgan fingerprint density at radius 1 is 1.20 bits per heavy atom. The van der Waals surface area contributed by atoms with Gasteiger partial charge >= 0.3 is 6.01 Å². The van der Waals surface area contributed by atoms with Crippen LogP contribution in [-0.2, 0) is 6.54 Å². The maximum absolute atomic E-state index is 5.64. The van der Waals surface area contributed by atoms with Gasteiger partial charge in [-0.3, -0.25) is 0 Å². The van der Waals surface area contributed by atoms with Gasteiger partial charge in [-0.2, -0.15) is 0 Å². The molecule has 1 aliphatic rings. The van der Waals surface area contributed by atoms with Gasteiger partial charge in [0.1, 0.15) is 0 Å². The fourth-order valence-corrected chi connectivity index (χ4v) is 2.67. The van der Waals surface area contributed by atoms with Crippen molar-refractivity contribution in [3.05, 3.63) is 5.89 Å². The minimum Gasteiger partial charge on any atom is -0.407 e. The minimum absolute atomic E-state index is 0.0530. The van der Waals surface area contributed by atoms with E-state index < -0.39 is 0 Å². The Morgan fingerprint density at radius 2 is 1.90 bits per heavy atom. The zero-order valence-electron chi connectivity index (χ0n) is 13.2. The summed E-state index contributed by atoms with van der Waals surface area (Å²) in [6.07, 6.45) is 6.69. The molecule has 1 fully saturated rings. The minimum atomic E-state index is 0.0530. The summed E-state index contributed by atoms with van der Waals surface area (Å²) in [5, 5.41) is 14.9. The Hall–Kier alpha value is -1.10. The summed E-state index contributed by atoms with van der Waals surface area (Å²) < 4.78 is 5.64. The fourth-order valence-electron chi connectivity index (χ4n) is 2.67. The fraction of sp³-hybridized carbons (Fsp3) is 0.867. The standard InChI is InChI=1S/C15H28N4O/c1-11(12-8-6-5-7-9-12)17-14-19-18-13(20-14)10-16-15(2,3)4/h11-12,16H,5-10H2,1-4H3,(H,17,19). The van der Waals surface area contributed by atoms with Crippen LogP contribution < -0.4 is 10.6 Å². The zero-order valence-corrected chi connectivity index (χ0v) is 13.2. The summed E-state index contributed by atoms with van der Waals surface area (Å²) in [6.45, 7) is 9.18. The smallest absolute Gasteiger partial charge is 0.315 e. The molecule has 2 rings (SSSR count). The molecule has 0 amide bonds. The van der Waals surface area contributed by atoms with Crippen molar-refractivity contribution >= 4 is 6.01 Å². The Balaban J connectivity index is 1.82. The summed E-state index contributed by atoms with van der Waals surface area (Å²) in [5.41, 5.74) is 0.0530. The summed E-state index contributed by atoms with van der Waals surface area (Å²) in [5.74, 6) is 1.37. The third kappa shape index (κ3) is 4.78. The van der Waals surface area contributed by atoms with E-state index in [2.05, 4.69) is 48.5 Å². The number of aromatic nitrogens is 2. The van der Waals surface area contributed by atoms with E-state index >= 15 is 0 Å². The van der Waals surface area contributed by atoms with Gasteiger partial charge in [-0.1, -0.05) is 24.4 Å². The molecule has 0 bridgehead atoms. The van der Waals surface area contributed by atoms with Crippen molar-refractivity contribution < 1.29 is 4.42 Å². The van der Waals surface area contributed by atoms with Crippen molar-refractivity contribution in [1.82, 2.24) is 15.5 Å². The molecule has 5 nitrogen and oxygen atoms in total. The first-order valence-corrected chi connectivity index (χ1v) is 7.78. The molecule has 0 spiro atoms. The van der Waals surface area contributed by atoms with Gasteiger partial charge in [-0.15, -0.1) is 5.10 Å². The molecule has 1 aliphatic carbocycles. The van der Waals surface area contributed by atoms with E-state index in [1.807, 2.05) is 0 Å². The van der Waals surface area contributed by atoms with E-state index in [0.29, 0.717) is 24.5 Å². The van der Waals surface area contributed by atoms with Crippen LogP contribution >= 0.6 is 0 Å². The van der Waals surface area contributed by atoms with Gasteiger partial charge in [0, 0.05) is 11.6 Å². The summed E-state index contributed by atoms with van der Waals surface area (Å²) in [6, 6.07) is 0.952. The number of nitrogens with zero attached hydrogens (tertiary/aromatic N) is 2. The third-order valence-corrected chi connectivity index (χ3v) is 3.94. The molecule has 5 heteroatoms. The van der Waals surface area contributed by atoms with Gasteiger partial charge in [-0.25, -0.2) is 0 Å². The SMILES string of the molecule is CC(Nc1nnc(CNC(C)(C)C)o1)C1CCCCC1. The van der Waals surface area contributed by atoms with Gasteiger partial charge in [0.15, 0.2) is 0 Å². The highest BCUT2D eigenvalue weighted by Gasteiger charge is 2.21. The van der Waals surface area contributed by atoms with E-state index in [1.54, 1.807) is 0 Å². The van der Waals surface area contributed by atoms with E-state index in [0.717, 1.165) is 5.92 Å². The largest absolute Gasteiger partial charge is 0.407 e. The first-order valence-electron chi connectivity index (χ1n) is 7.78. The van der Waals surface area contributed by atoms with E-state index in [4.69, 9.17) is 4.42 Å². The topological polar surface area (TPSA) is 63.0 Å². The second kappa shape index (κ2) is 6.57. The first kappa shape index (κ1) is 15.3. The van der Waals surface area contributed by atoms with E-state index in [-0.39, 0.29) is 5.54 Å². The van der Waals surface area contributed by atoms with Crippen LogP contribution in [0, 0.1) is 5.92 Å². The zero-order chi connectivity index (χ0) is 14.6. The number of rotatable bonds is 5. The lowest BCUT2D eigenvalue weighted by molar-refractivity contribution is 0.323. The van der Waals surface area contributed by atoms with Crippen LogP contribution in [-0.4, -0.2) is 21.8 Å². The molecule has 20 heavy (non-hydrogen) atoms. The molecule has 2 N–H and O–H groups in total. The lowest BCUT2D eigenvalue weighted by atomic mass is 9.85. The van der Waals surface area contributed by atoms with Crippen molar-refractivity contribution in [2.45, 2.75) is 77.9 Å². The van der Waals surface area contributed by atoms with Crippen molar-refractivity contribution in [2.24, 2.45) is 5.92 Å². The Labute approximate surface area is 121 Å².